The van der Waals surface area contributed by atoms with E-state index in [9.17, 15) is 24.6 Å². The fourth-order valence-corrected chi connectivity index (χ4v) is 4.42. The van der Waals surface area contributed by atoms with Crippen molar-refractivity contribution < 1.29 is 24.6 Å². The summed E-state index contributed by atoms with van der Waals surface area (Å²) in [6.45, 7) is 4.88. The average molecular weight is 527 g/mol. The highest BCUT2D eigenvalue weighted by atomic mass is 16.3. The lowest BCUT2D eigenvalue weighted by Crippen LogP contribution is -2.51. The van der Waals surface area contributed by atoms with Crippen LogP contribution in [0.3, 0.4) is 0 Å². The van der Waals surface area contributed by atoms with E-state index in [2.05, 4.69) is 25.7 Å². The zero-order valence-electron chi connectivity index (χ0n) is 21.3. The number of hydrogen-bond acceptors (Lipinski definition) is 8. The van der Waals surface area contributed by atoms with Crippen LogP contribution in [0.15, 0.2) is 60.2 Å². The molecular weight excluding hydrogens is 500 g/mol. The molecule has 0 unspecified atom stereocenters. The van der Waals surface area contributed by atoms with Crippen LogP contribution in [-0.4, -0.2) is 49.6 Å². The molecule has 0 saturated carbocycles. The Morgan fingerprint density at radius 1 is 0.949 bits per heavy atom. The quantitative estimate of drug-likeness (QED) is 0.212. The van der Waals surface area contributed by atoms with E-state index in [1.165, 1.54) is 10.9 Å². The maximum atomic E-state index is 12.0. The predicted molar refractivity (Wildman–Crippen MR) is 144 cm³/mol. The Morgan fingerprint density at radius 2 is 1.64 bits per heavy atom. The molecule has 3 aromatic carbocycles. The van der Waals surface area contributed by atoms with Gasteiger partial charge in [-0.3, -0.25) is 20.2 Å². The van der Waals surface area contributed by atoms with Crippen molar-refractivity contribution in [3.63, 3.8) is 0 Å². The summed E-state index contributed by atoms with van der Waals surface area (Å²) in [5, 5.41) is 33.7. The number of imide groups is 2. The molecule has 4 amide bonds. The summed E-state index contributed by atoms with van der Waals surface area (Å²) in [6.07, 6.45) is 1.42. The van der Waals surface area contributed by atoms with Crippen LogP contribution in [0.1, 0.15) is 29.2 Å². The van der Waals surface area contributed by atoms with Gasteiger partial charge in [0.15, 0.2) is 0 Å². The van der Waals surface area contributed by atoms with E-state index in [0.717, 1.165) is 16.8 Å². The average Bonchev–Trinajstić information content (AvgIpc) is 3.34. The molecule has 1 fully saturated rings. The summed E-state index contributed by atoms with van der Waals surface area (Å²) in [5.74, 6) is -1.43. The Hall–Kier alpha value is -5.03. The van der Waals surface area contributed by atoms with Crippen LogP contribution in [0.4, 0.5) is 10.5 Å². The van der Waals surface area contributed by atoms with Crippen molar-refractivity contribution in [1.29, 1.82) is 0 Å². The molecule has 11 nitrogen and oxygen atoms in total. The Balaban J connectivity index is 1.40. The van der Waals surface area contributed by atoms with E-state index in [-0.39, 0.29) is 17.9 Å². The molecule has 11 heteroatoms. The van der Waals surface area contributed by atoms with Crippen LogP contribution in [0.5, 0.6) is 5.75 Å². The van der Waals surface area contributed by atoms with E-state index in [1.807, 2.05) is 38.1 Å². The molecule has 1 aliphatic rings. The van der Waals surface area contributed by atoms with Gasteiger partial charge in [-0.1, -0.05) is 24.3 Å². The molecule has 2 heterocycles. The molecule has 0 bridgehead atoms. The van der Waals surface area contributed by atoms with Crippen LogP contribution in [-0.2, 0) is 22.7 Å². The van der Waals surface area contributed by atoms with Crippen LogP contribution < -0.4 is 15.5 Å². The summed E-state index contributed by atoms with van der Waals surface area (Å²) >= 11 is 0. The number of carbonyl (C=O) groups excluding carboxylic acids is 3. The number of hydrogen-bond donors (Lipinski definition) is 4. The summed E-state index contributed by atoms with van der Waals surface area (Å²) in [5.41, 5.74) is 5.39. The SMILES string of the molecule is CCN(Cc1cc(C)cc(-n2nc3ccc(CO)cc3n2)c1O)c1ccc(C=C2C(=O)NC(=O)NC2=O)cc1. The molecule has 1 aromatic heterocycles. The number of aliphatic hydroxyl groups is 1. The highest BCUT2D eigenvalue weighted by Crippen LogP contribution is 2.30. The monoisotopic (exact) mass is 526 g/mol. The number of rotatable bonds is 7. The molecular formula is C28H26N6O5. The minimum absolute atomic E-state index is 0.0620. The van der Waals surface area contributed by atoms with Gasteiger partial charge in [-0.05, 0) is 66.9 Å². The van der Waals surface area contributed by atoms with Crippen molar-refractivity contribution >= 4 is 40.6 Å². The van der Waals surface area contributed by atoms with Crippen LogP contribution in [0.2, 0.25) is 0 Å². The lowest BCUT2D eigenvalue weighted by molar-refractivity contribution is -0.123. The molecule has 198 valence electrons. The van der Waals surface area contributed by atoms with Gasteiger partial charge in [0.05, 0.1) is 6.61 Å². The Labute approximate surface area is 223 Å². The number of benzene rings is 3. The second kappa shape index (κ2) is 10.4. The highest BCUT2D eigenvalue weighted by molar-refractivity contribution is 6.31. The second-order valence-corrected chi connectivity index (χ2v) is 9.16. The number of aliphatic hydroxyl groups excluding tert-OH is 1. The number of urea groups is 1. The van der Waals surface area contributed by atoms with Gasteiger partial charge in [-0.15, -0.1) is 15.0 Å². The molecule has 4 aromatic rings. The third-order valence-electron chi connectivity index (χ3n) is 6.41. The molecule has 39 heavy (non-hydrogen) atoms. The van der Waals surface area contributed by atoms with Gasteiger partial charge in [-0.25, -0.2) is 4.79 Å². The van der Waals surface area contributed by atoms with E-state index in [4.69, 9.17) is 0 Å². The number of aromatic nitrogens is 3. The van der Waals surface area contributed by atoms with Crippen molar-refractivity contribution in [2.24, 2.45) is 0 Å². The largest absolute Gasteiger partial charge is 0.505 e. The summed E-state index contributed by atoms with van der Waals surface area (Å²) in [7, 11) is 0. The molecule has 4 N–H and O–H groups in total. The normalized spacial score (nSPS) is 13.4. The number of aryl methyl sites for hydroxylation is 1. The fourth-order valence-electron chi connectivity index (χ4n) is 4.42. The number of phenolic OH excluding ortho intramolecular Hbond substituents is 1. The number of nitrogens with one attached hydrogen (secondary N) is 2. The number of fused-ring (bicyclic) bond motifs is 1. The standard InChI is InChI=1S/C28H26N6O5/c1-3-33(20-7-4-17(5-8-20)12-21-26(37)29-28(39)30-27(21)38)14-19-10-16(2)11-24(25(19)36)34-31-22-9-6-18(15-35)13-23(22)32-34/h4-13,35-36H,3,14-15H2,1-2H3,(H2,29,30,37,38,39). The van der Waals surface area contributed by atoms with Gasteiger partial charge < -0.3 is 15.1 Å². The first-order chi connectivity index (χ1) is 18.7. The first kappa shape index (κ1) is 25.6. The maximum absolute atomic E-state index is 12.0. The highest BCUT2D eigenvalue weighted by Gasteiger charge is 2.27. The summed E-state index contributed by atoms with van der Waals surface area (Å²) in [6, 6.07) is 15.5. The molecule has 0 aliphatic carbocycles. The van der Waals surface area contributed by atoms with Crippen molar-refractivity contribution in [2.45, 2.75) is 27.0 Å². The van der Waals surface area contributed by atoms with Gasteiger partial charge in [0.2, 0.25) is 0 Å². The van der Waals surface area contributed by atoms with Gasteiger partial charge in [0.1, 0.15) is 28.0 Å². The van der Waals surface area contributed by atoms with Crippen molar-refractivity contribution in [3.05, 3.63) is 82.4 Å². The Morgan fingerprint density at radius 3 is 2.31 bits per heavy atom. The number of barbiturate groups is 1. The third-order valence-corrected chi connectivity index (χ3v) is 6.41. The zero-order valence-corrected chi connectivity index (χ0v) is 21.3. The summed E-state index contributed by atoms with van der Waals surface area (Å²) in [4.78, 5) is 38.7. The van der Waals surface area contributed by atoms with Gasteiger partial charge in [0, 0.05) is 24.3 Å². The van der Waals surface area contributed by atoms with Crippen LogP contribution in [0, 0.1) is 6.92 Å². The molecule has 0 atom stereocenters. The lowest BCUT2D eigenvalue weighted by Gasteiger charge is -2.24. The number of aromatic hydroxyl groups is 1. The number of carbonyl (C=O) groups is 3. The van der Waals surface area contributed by atoms with Crippen LogP contribution in [0.25, 0.3) is 22.8 Å². The number of nitrogens with zero attached hydrogens (tertiary/aromatic N) is 4. The number of anilines is 1. The number of amides is 4. The first-order valence-corrected chi connectivity index (χ1v) is 12.3. The lowest BCUT2D eigenvalue weighted by atomic mass is 10.1. The Kier molecular flexibility index (Phi) is 6.82. The molecule has 0 spiro atoms. The number of phenols is 1. The van der Waals surface area contributed by atoms with E-state index in [0.29, 0.717) is 40.9 Å². The molecule has 1 saturated heterocycles. The van der Waals surface area contributed by atoms with E-state index >= 15 is 0 Å². The van der Waals surface area contributed by atoms with Gasteiger partial charge >= 0.3 is 6.03 Å². The van der Waals surface area contributed by atoms with Crippen molar-refractivity contribution in [1.82, 2.24) is 25.6 Å². The molecule has 0 radical (unpaired) electrons. The van der Waals surface area contributed by atoms with Gasteiger partial charge in [-0.2, -0.15) is 0 Å². The second-order valence-electron chi connectivity index (χ2n) is 9.16. The first-order valence-electron chi connectivity index (χ1n) is 12.3. The third kappa shape index (κ3) is 5.20. The molecule has 5 rings (SSSR count). The topological polar surface area (TPSA) is 150 Å². The molecule has 1 aliphatic heterocycles. The maximum Gasteiger partial charge on any atom is 0.328 e. The van der Waals surface area contributed by atoms with Crippen molar-refractivity contribution in [3.8, 4) is 11.4 Å². The fraction of sp³-hybridized carbons (Fsp3) is 0.179. The van der Waals surface area contributed by atoms with Gasteiger partial charge in [0.25, 0.3) is 11.8 Å². The zero-order chi connectivity index (χ0) is 27.7. The smallest absolute Gasteiger partial charge is 0.328 e. The Bertz CT molecular complexity index is 1620. The minimum Gasteiger partial charge on any atom is -0.505 e. The van der Waals surface area contributed by atoms with E-state index in [1.54, 1.807) is 30.3 Å². The predicted octanol–water partition coefficient (Wildman–Crippen LogP) is 2.70. The minimum atomic E-state index is -0.842. The van der Waals surface area contributed by atoms with E-state index < -0.39 is 17.8 Å². The summed E-state index contributed by atoms with van der Waals surface area (Å²) < 4.78 is 0. The van der Waals surface area contributed by atoms with Crippen LogP contribution >= 0.6 is 0 Å². The van der Waals surface area contributed by atoms with Crippen molar-refractivity contribution in [2.75, 3.05) is 11.4 Å².